The Balaban J connectivity index is 2.46. The SMILES string of the molecule is O=[N+]([O-])c1c(Cl)cccc1Sc1cc(F)ccc1F. The van der Waals surface area contributed by atoms with Crippen molar-refractivity contribution >= 4 is 29.1 Å². The molecule has 2 aromatic carbocycles. The fraction of sp³-hybridized carbons (Fsp3) is 0. The number of hydrogen-bond donors (Lipinski definition) is 0. The second kappa shape index (κ2) is 5.54. The van der Waals surface area contributed by atoms with Crippen LogP contribution in [-0.4, -0.2) is 4.92 Å². The lowest BCUT2D eigenvalue weighted by Gasteiger charge is -2.05. The van der Waals surface area contributed by atoms with Gasteiger partial charge in [0.15, 0.2) is 0 Å². The van der Waals surface area contributed by atoms with E-state index < -0.39 is 16.6 Å². The van der Waals surface area contributed by atoms with Crippen LogP contribution in [0.2, 0.25) is 5.02 Å². The van der Waals surface area contributed by atoms with Crippen LogP contribution in [0.25, 0.3) is 0 Å². The summed E-state index contributed by atoms with van der Waals surface area (Å²) in [5.74, 6) is -1.27. The molecule has 0 aliphatic carbocycles. The van der Waals surface area contributed by atoms with Crippen LogP contribution in [0, 0.1) is 21.7 Å². The van der Waals surface area contributed by atoms with E-state index in [1.165, 1.54) is 18.2 Å². The predicted octanol–water partition coefficient (Wildman–Crippen LogP) is 4.68. The molecule has 7 heteroatoms. The first kappa shape index (κ1) is 13.8. The van der Waals surface area contributed by atoms with Crippen LogP contribution < -0.4 is 0 Å². The van der Waals surface area contributed by atoms with Crippen molar-refractivity contribution in [1.82, 2.24) is 0 Å². The zero-order chi connectivity index (χ0) is 14.0. The molecule has 0 bridgehead atoms. The van der Waals surface area contributed by atoms with Crippen molar-refractivity contribution in [3.8, 4) is 0 Å². The highest BCUT2D eigenvalue weighted by Crippen LogP contribution is 2.39. The van der Waals surface area contributed by atoms with E-state index in [-0.39, 0.29) is 20.5 Å². The van der Waals surface area contributed by atoms with Crippen LogP contribution in [0.3, 0.4) is 0 Å². The molecule has 0 saturated carbocycles. The summed E-state index contributed by atoms with van der Waals surface area (Å²) in [6.45, 7) is 0. The van der Waals surface area contributed by atoms with Crippen molar-refractivity contribution in [3.05, 3.63) is 63.2 Å². The minimum atomic E-state index is -0.652. The van der Waals surface area contributed by atoms with Gasteiger partial charge in [-0.15, -0.1) is 0 Å². The first-order valence-corrected chi connectivity index (χ1v) is 6.24. The largest absolute Gasteiger partial charge is 0.301 e. The van der Waals surface area contributed by atoms with Crippen LogP contribution in [0.1, 0.15) is 0 Å². The molecular formula is C12H6ClF2NO2S. The molecule has 0 unspecified atom stereocenters. The van der Waals surface area contributed by atoms with Crippen molar-refractivity contribution in [2.45, 2.75) is 9.79 Å². The molecule has 0 spiro atoms. The maximum absolute atomic E-state index is 13.5. The summed E-state index contributed by atoms with van der Waals surface area (Å²) < 4.78 is 26.5. The fourth-order valence-corrected chi connectivity index (χ4v) is 2.73. The third-order valence-electron chi connectivity index (χ3n) is 2.25. The molecule has 3 nitrogen and oxygen atoms in total. The molecule has 0 saturated heterocycles. The molecule has 98 valence electrons. The van der Waals surface area contributed by atoms with E-state index in [0.717, 1.165) is 30.0 Å². The molecular weight excluding hydrogens is 296 g/mol. The minimum Gasteiger partial charge on any atom is -0.258 e. The number of benzene rings is 2. The number of rotatable bonds is 3. The normalized spacial score (nSPS) is 10.5. The van der Waals surface area contributed by atoms with E-state index in [0.29, 0.717) is 0 Å². The highest BCUT2D eigenvalue weighted by Gasteiger charge is 2.20. The highest BCUT2D eigenvalue weighted by atomic mass is 35.5. The Morgan fingerprint density at radius 2 is 1.89 bits per heavy atom. The quantitative estimate of drug-likeness (QED) is 0.611. The fourth-order valence-electron chi connectivity index (χ4n) is 1.43. The van der Waals surface area contributed by atoms with Gasteiger partial charge in [-0.3, -0.25) is 10.1 Å². The Hall–Kier alpha value is -1.66. The number of nitro benzene ring substituents is 1. The number of nitro groups is 1. The zero-order valence-corrected chi connectivity index (χ0v) is 10.8. The summed E-state index contributed by atoms with van der Waals surface area (Å²) in [6, 6.07) is 7.23. The molecule has 2 aromatic rings. The van der Waals surface area contributed by atoms with Crippen molar-refractivity contribution in [2.24, 2.45) is 0 Å². The molecule has 0 aliphatic heterocycles. The van der Waals surface area contributed by atoms with E-state index in [2.05, 4.69) is 0 Å². The first-order valence-electron chi connectivity index (χ1n) is 5.05. The Morgan fingerprint density at radius 1 is 1.16 bits per heavy atom. The Kier molecular flexibility index (Phi) is 4.01. The maximum Gasteiger partial charge on any atom is 0.301 e. The average molecular weight is 302 g/mol. The molecule has 0 N–H and O–H groups in total. The Labute approximate surface area is 116 Å². The standard InChI is InChI=1S/C12H6ClF2NO2S/c13-8-2-1-3-10(12(8)16(17)18)19-11-6-7(14)4-5-9(11)15/h1-6H. The number of nitrogens with zero attached hydrogens (tertiary/aromatic N) is 1. The van der Waals surface area contributed by atoms with Crippen LogP contribution >= 0.6 is 23.4 Å². The second-order valence-corrected chi connectivity index (χ2v) is 5.01. The van der Waals surface area contributed by atoms with Crippen molar-refractivity contribution < 1.29 is 13.7 Å². The second-order valence-electron chi connectivity index (χ2n) is 3.52. The minimum absolute atomic E-state index is 0.0367. The zero-order valence-electron chi connectivity index (χ0n) is 9.27. The lowest BCUT2D eigenvalue weighted by atomic mass is 10.3. The van der Waals surface area contributed by atoms with Crippen LogP contribution in [0.5, 0.6) is 0 Å². The molecule has 0 amide bonds. The van der Waals surface area contributed by atoms with Gasteiger partial charge in [0.25, 0.3) is 0 Å². The van der Waals surface area contributed by atoms with Gasteiger partial charge < -0.3 is 0 Å². The maximum atomic E-state index is 13.5. The van der Waals surface area contributed by atoms with Gasteiger partial charge >= 0.3 is 5.69 Å². The number of halogens is 3. The molecule has 0 aliphatic rings. The number of para-hydroxylation sites is 1. The molecule has 0 fully saturated rings. The summed E-state index contributed by atoms with van der Waals surface area (Å²) in [4.78, 5) is 10.4. The van der Waals surface area contributed by atoms with Gasteiger partial charge in [0, 0.05) is 0 Å². The summed E-state index contributed by atoms with van der Waals surface area (Å²) in [6.07, 6.45) is 0. The molecule has 2 rings (SSSR count). The van der Waals surface area contributed by atoms with E-state index in [4.69, 9.17) is 11.6 Å². The Bertz CT molecular complexity index is 652. The van der Waals surface area contributed by atoms with Gasteiger partial charge in [0.05, 0.1) is 14.7 Å². The number of hydrogen-bond acceptors (Lipinski definition) is 3. The lowest BCUT2D eigenvalue weighted by Crippen LogP contribution is -1.92. The topological polar surface area (TPSA) is 43.1 Å². The predicted molar refractivity (Wildman–Crippen MR) is 68.6 cm³/mol. The van der Waals surface area contributed by atoms with Gasteiger partial charge in [-0.2, -0.15) is 0 Å². The third-order valence-corrected chi connectivity index (χ3v) is 3.63. The van der Waals surface area contributed by atoms with E-state index in [9.17, 15) is 18.9 Å². The van der Waals surface area contributed by atoms with Crippen molar-refractivity contribution in [2.75, 3.05) is 0 Å². The van der Waals surface area contributed by atoms with Gasteiger partial charge in [0.2, 0.25) is 0 Å². The summed E-state index contributed by atoms with van der Waals surface area (Å²) in [7, 11) is 0. The van der Waals surface area contributed by atoms with E-state index in [1.54, 1.807) is 0 Å². The molecule has 0 atom stereocenters. The average Bonchev–Trinajstić information content (AvgIpc) is 2.33. The third kappa shape index (κ3) is 3.02. The summed E-state index contributed by atoms with van der Waals surface area (Å²) >= 11 is 6.50. The monoisotopic (exact) mass is 301 g/mol. The first-order chi connectivity index (χ1) is 8.99. The van der Waals surface area contributed by atoms with Gasteiger partial charge in [-0.05, 0) is 30.3 Å². The smallest absolute Gasteiger partial charge is 0.258 e. The summed E-state index contributed by atoms with van der Waals surface area (Å²) in [5.41, 5.74) is -0.321. The molecule has 0 radical (unpaired) electrons. The van der Waals surface area contributed by atoms with Crippen molar-refractivity contribution in [3.63, 3.8) is 0 Å². The highest BCUT2D eigenvalue weighted by molar-refractivity contribution is 7.99. The van der Waals surface area contributed by atoms with Crippen LogP contribution in [-0.2, 0) is 0 Å². The van der Waals surface area contributed by atoms with E-state index >= 15 is 0 Å². The van der Waals surface area contributed by atoms with Crippen LogP contribution in [0.4, 0.5) is 14.5 Å². The van der Waals surface area contributed by atoms with Crippen LogP contribution in [0.15, 0.2) is 46.2 Å². The lowest BCUT2D eigenvalue weighted by molar-refractivity contribution is -0.387. The van der Waals surface area contributed by atoms with Gasteiger partial charge in [-0.25, -0.2) is 8.78 Å². The Morgan fingerprint density at radius 3 is 2.58 bits per heavy atom. The van der Waals surface area contributed by atoms with Gasteiger partial charge in [0.1, 0.15) is 16.7 Å². The molecule has 19 heavy (non-hydrogen) atoms. The van der Waals surface area contributed by atoms with Crippen molar-refractivity contribution in [1.29, 1.82) is 0 Å². The molecule has 0 heterocycles. The van der Waals surface area contributed by atoms with Gasteiger partial charge in [-0.1, -0.05) is 29.4 Å². The van der Waals surface area contributed by atoms with E-state index in [1.807, 2.05) is 0 Å². The molecule has 0 aromatic heterocycles. The summed E-state index contributed by atoms with van der Waals surface area (Å²) in [5, 5.41) is 10.9.